The molecule has 2 N–H and O–H groups in total. The van der Waals surface area contributed by atoms with Crippen molar-refractivity contribution >= 4 is 24.0 Å². The summed E-state index contributed by atoms with van der Waals surface area (Å²) in [6.07, 6.45) is -0.248. The Kier molecular flexibility index (Phi) is 7.41. The molecule has 0 bridgehead atoms. The molecule has 1 aliphatic rings. The molecular weight excluding hydrogens is 375 g/mol. The summed E-state index contributed by atoms with van der Waals surface area (Å²) in [6.45, 7) is 2.98. The number of benzene rings is 2. The molecule has 0 aliphatic carbocycles. The molecule has 1 saturated heterocycles. The number of amides is 1. The molecule has 0 radical (unpaired) electrons. The van der Waals surface area contributed by atoms with E-state index < -0.39 is 11.9 Å². The minimum Gasteiger partial charge on any atom is -0.493 e. The highest BCUT2D eigenvalue weighted by Crippen LogP contribution is 2.33. The Labute approximate surface area is 163 Å². The number of hydrogen-bond donors (Lipinski definition) is 2. The van der Waals surface area contributed by atoms with Crippen LogP contribution in [0.3, 0.4) is 0 Å². The first-order valence-electron chi connectivity index (χ1n) is 8.35. The Morgan fingerprint density at radius 1 is 1.22 bits per heavy atom. The van der Waals surface area contributed by atoms with Crippen molar-refractivity contribution in [1.29, 1.82) is 0 Å². The van der Waals surface area contributed by atoms with E-state index in [1.54, 1.807) is 30.3 Å². The second-order valence-electron chi connectivity index (χ2n) is 5.90. The molecule has 1 aliphatic heterocycles. The van der Waals surface area contributed by atoms with Crippen LogP contribution < -0.4 is 20.1 Å². The Morgan fingerprint density at radius 2 is 1.96 bits per heavy atom. The van der Waals surface area contributed by atoms with Crippen LogP contribution in [0.25, 0.3) is 0 Å². The molecule has 0 unspecified atom stereocenters. The minimum atomic E-state index is -0.588. The van der Waals surface area contributed by atoms with Gasteiger partial charge in [0, 0.05) is 18.3 Å². The van der Waals surface area contributed by atoms with Gasteiger partial charge in [0.2, 0.25) is 5.91 Å². The van der Waals surface area contributed by atoms with Crippen molar-refractivity contribution < 1.29 is 23.4 Å². The third kappa shape index (κ3) is 5.09. The van der Waals surface area contributed by atoms with Gasteiger partial charge in [-0.15, -0.1) is 12.4 Å². The van der Waals surface area contributed by atoms with Gasteiger partial charge in [0.1, 0.15) is 6.04 Å². The van der Waals surface area contributed by atoms with Crippen molar-refractivity contribution in [1.82, 2.24) is 5.32 Å². The number of para-hydroxylation sites is 2. The van der Waals surface area contributed by atoms with Crippen molar-refractivity contribution in [3.8, 4) is 17.2 Å². The lowest BCUT2D eigenvalue weighted by Crippen LogP contribution is -2.53. The van der Waals surface area contributed by atoms with E-state index in [2.05, 4.69) is 10.6 Å². The zero-order chi connectivity index (χ0) is 18.5. The van der Waals surface area contributed by atoms with Crippen LogP contribution >= 0.6 is 12.4 Å². The first kappa shape index (κ1) is 21.0. The number of morpholine rings is 1. The van der Waals surface area contributed by atoms with Gasteiger partial charge >= 0.3 is 0 Å². The van der Waals surface area contributed by atoms with Crippen molar-refractivity contribution in [2.45, 2.75) is 19.1 Å². The Morgan fingerprint density at radius 3 is 2.63 bits per heavy atom. The SMILES string of the molecule is COc1ccccc1Oc1ccc(NC(=O)[C@H]2NCCO[C@@H]2C)cc1F.Cl. The summed E-state index contributed by atoms with van der Waals surface area (Å²) in [5.41, 5.74) is 0.347. The van der Waals surface area contributed by atoms with E-state index in [9.17, 15) is 9.18 Å². The molecule has 1 amide bonds. The van der Waals surface area contributed by atoms with Crippen LogP contribution in [-0.4, -0.2) is 38.3 Å². The number of nitrogens with one attached hydrogen (secondary N) is 2. The van der Waals surface area contributed by atoms with Crippen LogP contribution in [-0.2, 0) is 9.53 Å². The molecular formula is C19H22ClFN2O4. The largest absolute Gasteiger partial charge is 0.493 e. The summed E-state index contributed by atoms with van der Waals surface area (Å²) in [6, 6.07) is 10.8. The Hall–Kier alpha value is -2.35. The fourth-order valence-electron chi connectivity index (χ4n) is 2.73. The van der Waals surface area contributed by atoms with Gasteiger partial charge in [0.05, 0.1) is 19.8 Å². The molecule has 0 saturated carbocycles. The smallest absolute Gasteiger partial charge is 0.244 e. The first-order valence-corrected chi connectivity index (χ1v) is 8.35. The number of carbonyl (C=O) groups excluding carboxylic acids is 1. The number of carbonyl (C=O) groups is 1. The van der Waals surface area contributed by atoms with Gasteiger partial charge in [-0.2, -0.15) is 0 Å². The van der Waals surface area contributed by atoms with E-state index in [0.717, 1.165) is 0 Å². The summed E-state index contributed by atoms with van der Waals surface area (Å²) >= 11 is 0. The molecule has 2 atom stereocenters. The molecule has 6 nitrogen and oxygen atoms in total. The van der Waals surface area contributed by atoms with Crippen LogP contribution in [0.1, 0.15) is 6.92 Å². The molecule has 2 aromatic carbocycles. The molecule has 0 spiro atoms. The minimum absolute atomic E-state index is 0. The number of ether oxygens (including phenoxy) is 3. The van der Waals surface area contributed by atoms with E-state index in [-0.39, 0.29) is 30.2 Å². The van der Waals surface area contributed by atoms with Crippen LogP contribution in [0, 0.1) is 5.82 Å². The summed E-state index contributed by atoms with van der Waals surface area (Å²) < 4.78 is 30.6. The second kappa shape index (κ2) is 9.55. The molecule has 0 aromatic heterocycles. The third-order valence-corrected chi connectivity index (χ3v) is 4.09. The topological polar surface area (TPSA) is 68.8 Å². The normalized spacial score (nSPS) is 18.9. The van der Waals surface area contributed by atoms with Crippen LogP contribution in [0.15, 0.2) is 42.5 Å². The van der Waals surface area contributed by atoms with Gasteiger partial charge in [-0.25, -0.2) is 4.39 Å². The fraction of sp³-hybridized carbons (Fsp3) is 0.316. The number of halogens is 2. The number of rotatable bonds is 5. The fourth-order valence-corrected chi connectivity index (χ4v) is 2.73. The van der Waals surface area contributed by atoms with Gasteiger partial charge in [0.25, 0.3) is 0 Å². The van der Waals surface area contributed by atoms with Crippen LogP contribution in [0.4, 0.5) is 10.1 Å². The number of methoxy groups -OCH3 is 1. The van der Waals surface area contributed by atoms with E-state index in [4.69, 9.17) is 14.2 Å². The lowest BCUT2D eigenvalue weighted by molar-refractivity contribution is -0.123. The van der Waals surface area contributed by atoms with Gasteiger partial charge in [-0.3, -0.25) is 4.79 Å². The van der Waals surface area contributed by atoms with Gasteiger partial charge in [0.15, 0.2) is 23.1 Å². The number of anilines is 1. The van der Waals surface area contributed by atoms with Crippen molar-refractivity contribution in [2.75, 3.05) is 25.6 Å². The Bertz CT molecular complexity index is 790. The highest BCUT2D eigenvalue weighted by atomic mass is 35.5. The predicted octanol–water partition coefficient (Wildman–Crippen LogP) is 3.36. The monoisotopic (exact) mass is 396 g/mol. The molecule has 2 aromatic rings. The molecule has 1 fully saturated rings. The maximum absolute atomic E-state index is 14.4. The van der Waals surface area contributed by atoms with Crippen LogP contribution in [0.2, 0.25) is 0 Å². The van der Waals surface area contributed by atoms with Gasteiger partial charge in [-0.05, 0) is 31.2 Å². The van der Waals surface area contributed by atoms with Crippen molar-refractivity contribution in [2.24, 2.45) is 0 Å². The van der Waals surface area contributed by atoms with Crippen molar-refractivity contribution in [3.05, 3.63) is 48.3 Å². The van der Waals surface area contributed by atoms with E-state index in [0.29, 0.717) is 30.3 Å². The third-order valence-electron chi connectivity index (χ3n) is 4.09. The molecule has 8 heteroatoms. The molecule has 146 valence electrons. The Balaban J connectivity index is 0.00000261. The zero-order valence-electron chi connectivity index (χ0n) is 15.0. The average molecular weight is 397 g/mol. The lowest BCUT2D eigenvalue weighted by atomic mass is 10.1. The molecule has 1 heterocycles. The summed E-state index contributed by atoms with van der Waals surface area (Å²) in [5, 5.41) is 5.79. The highest BCUT2D eigenvalue weighted by molar-refractivity contribution is 5.95. The summed E-state index contributed by atoms with van der Waals surface area (Å²) in [7, 11) is 1.52. The maximum atomic E-state index is 14.4. The van der Waals surface area contributed by atoms with Gasteiger partial charge < -0.3 is 24.8 Å². The quantitative estimate of drug-likeness (QED) is 0.811. The van der Waals surface area contributed by atoms with E-state index >= 15 is 0 Å². The van der Waals surface area contributed by atoms with Crippen LogP contribution in [0.5, 0.6) is 17.2 Å². The predicted molar refractivity (Wildman–Crippen MR) is 103 cm³/mol. The van der Waals surface area contributed by atoms with Gasteiger partial charge in [-0.1, -0.05) is 12.1 Å². The lowest BCUT2D eigenvalue weighted by Gasteiger charge is -2.29. The summed E-state index contributed by atoms with van der Waals surface area (Å²) in [5.74, 6) is 0.0919. The summed E-state index contributed by atoms with van der Waals surface area (Å²) in [4.78, 5) is 12.3. The highest BCUT2D eigenvalue weighted by Gasteiger charge is 2.28. The molecule has 27 heavy (non-hydrogen) atoms. The second-order valence-corrected chi connectivity index (χ2v) is 5.90. The zero-order valence-corrected chi connectivity index (χ0v) is 15.8. The number of hydrogen-bond acceptors (Lipinski definition) is 5. The maximum Gasteiger partial charge on any atom is 0.244 e. The van der Waals surface area contributed by atoms with E-state index in [1.165, 1.54) is 19.2 Å². The first-order chi connectivity index (χ1) is 12.6. The molecule has 3 rings (SSSR count). The standard InChI is InChI=1S/C19H21FN2O4.ClH/c1-12-18(21-9-10-25-12)19(23)22-13-7-8-15(14(20)11-13)26-17-6-4-3-5-16(17)24-2;/h3-8,11-12,18,21H,9-10H2,1-2H3,(H,22,23);1H/t12-,18+;/m1./s1. The van der Waals surface area contributed by atoms with Crippen molar-refractivity contribution in [3.63, 3.8) is 0 Å². The average Bonchev–Trinajstić information content (AvgIpc) is 2.64. The van der Waals surface area contributed by atoms with E-state index in [1.807, 2.05) is 6.92 Å².